The molecule has 1 aliphatic heterocycles. The van der Waals surface area contributed by atoms with Crippen molar-refractivity contribution in [1.82, 2.24) is 19.7 Å². The van der Waals surface area contributed by atoms with E-state index in [2.05, 4.69) is 10.2 Å². The highest BCUT2D eigenvalue weighted by molar-refractivity contribution is 7.99. The topological polar surface area (TPSA) is 86.6 Å². The summed E-state index contributed by atoms with van der Waals surface area (Å²) in [6.45, 7) is 3.25. The van der Waals surface area contributed by atoms with E-state index in [1.54, 1.807) is 18.9 Å². The third-order valence-electron chi connectivity index (χ3n) is 4.90. The molecule has 0 saturated carbocycles. The number of hydrogen-bond acceptors (Lipinski definition) is 7. The summed E-state index contributed by atoms with van der Waals surface area (Å²) >= 11 is 1.35. The zero-order valence-electron chi connectivity index (χ0n) is 17.0. The Kier molecular flexibility index (Phi) is 7.13. The molecule has 29 heavy (non-hydrogen) atoms. The SMILES string of the molecule is CCOC(=O)[C@H]1CCCN(C(=O)CSc2nnc(-c3ccc(OC)cc3)n2C)C1. The second kappa shape index (κ2) is 9.78. The Balaban J connectivity index is 1.59. The lowest BCUT2D eigenvalue weighted by molar-refractivity contribution is -0.151. The minimum absolute atomic E-state index is 0.00186. The number of amides is 1. The number of piperidine rings is 1. The quantitative estimate of drug-likeness (QED) is 0.504. The van der Waals surface area contributed by atoms with Gasteiger partial charge in [-0.1, -0.05) is 11.8 Å². The normalized spacial score (nSPS) is 16.5. The number of benzene rings is 1. The zero-order valence-corrected chi connectivity index (χ0v) is 17.8. The molecule has 3 rings (SSSR count). The standard InChI is InChI=1S/C20H26N4O4S/c1-4-28-19(26)15-6-5-11-24(12-15)17(25)13-29-20-22-21-18(23(20)2)14-7-9-16(27-3)10-8-14/h7-10,15H,4-6,11-13H2,1-3H3/t15-/m0/s1. The van der Waals surface area contributed by atoms with Crippen LogP contribution in [0.3, 0.4) is 0 Å². The maximum atomic E-state index is 12.6. The molecule has 1 aliphatic rings. The Morgan fingerprint density at radius 3 is 2.69 bits per heavy atom. The van der Waals surface area contributed by atoms with Crippen LogP contribution in [0.4, 0.5) is 0 Å². The summed E-state index contributed by atoms with van der Waals surface area (Å²) in [6, 6.07) is 7.59. The molecule has 1 saturated heterocycles. The molecular weight excluding hydrogens is 392 g/mol. The van der Waals surface area contributed by atoms with Crippen molar-refractivity contribution in [2.24, 2.45) is 13.0 Å². The first-order valence-electron chi connectivity index (χ1n) is 9.64. The average Bonchev–Trinajstić information content (AvgIpc) is 3.12. The molecule has 0 aliphatic carbocycles. The molecule has 2 heterocycles. The van der Waals surface area contributed by atoms with E-state index in [1.165, 1.54) is 11.8 Å². The van der Waals surface area contributed by atoms with Gasteiger partial charge < -0.3 is 18.9 Å². The van der Waals surface area contributed by atoms with Crippen molar-refractivity contribution in [1.29, 1.82) is 0 Å². The van der Waals surface area contributed by atoms with Gasteiger partial charge in [0, 0.05) is 25.7 Å². The van der Waals surface area contributed by atoms with Crippen LogP contribution in [0.25, 0.3) is 11.4 Å². The van der Waals surface area contributed by atoms with Gasteiger partial charge in [-0.15, -0.1) is 10.2 Å². The molecule has 0 unspecified atom stereocenters. The van der Waals surface area contributed by atoms with Crippen LogP contribution in [-0.2, 0) is 21.4 Å². The van der Waals surface area contributed by atoms with E-state index in [9.17, 15) is 9.59 Å². The monoisotopic (exact) mass is 418 g/mol. The fourth-order valence-electron chi connectivity index (χ4n) is 3.31. The molecule has 9 heteroatoms. The molecule has 0 bridgehead atoms. The number of nitrogens with zero attached hydrogens (tertiary/aromatic N) is 4. The average molecular weight is 419 g/mol. The van der Waals surface area contributed by atoms with Crippen molar-refractivity contribution >= 4 is 23.6 Å². The zero-order chi connectivity index (χ0) is 20.8. The highest BCUT2D eigenvalue weighted by Crippen LogP contribution is 2.25. The Bertz CT molecular complexity index is 853. The Hall–Kier alpha value is -2.55. The van der Waals surface area contributed by atoms with E-state index >= 15 is 0 Å². The highest BCUT2D eigenvalue weighted by Gasteiger charge is 2.29. The molecule has 156 valence electrons. The Labute approximate surface area is 174 Å². The summed E-state index contributed by atoms with van der Waals surface area (Å²) in [5.74, 6) is 1.31. The second-order valence-corrected chi connectivity index (χ2v) is 7.76. The number of carbonyl (C=O) groups is 2. The summed E-state index contributed by atoms with van der Waals surface area (Å²) in [6.07, 6.45) is 1.58. The van der Waals surface area contributed by atoms with Gasteiger partial charge in [-0.3, -0.25) is 9.59 Å². The first-order chi connectivity index (χ1) is 14.0. The summed E-state index contributed by atoms with van der Waals surface area (Å²) in [4.78, 5) is 26.4. The van der Waals surface area contributed by atoms with Gasteiger partial charge in [-0.25, -0.2) is 0 Å². The van der Waals surface area contributed by atoms with Gasteiger partial charge in [0.15, 0.2) is 11.0 Å². The van der Waals surface area contributed by atoms with Crippen LogP contribution in [0, 0.1) is 5.92 Å². The number of carbonyl (C=O) groups excluding carboxylic acids is 2. The fourth-order valence-corrected chi connectivity index (χ4v) is 4.12. The van der Waals surface area contributed by atoms with Crippen molar-refractivity contribution < 1.29 is 19.1 Å². The Morgan fingerprint density at radius 1 is 1.24 bits per heavy atom. The maximum absolute atomic E-state index is 12.6. The van der Waals surface area contributed by atoms with E-state index < -0.39 is 0 Å². The molecule has 8 nitrogen and oxygen atoms in total. The predicted molar refractivity (Wildman–Crippen MR) is 110 cm³/mol. The molecule has 0 radical (unpaired) electrons. The minimum atomic E-state index is -0.228. The molecule has 1 fully saturated rings. The maximum Gasteiger partial charge on any atom is 0.310 e. The molecule has 2 aromatic rings. The number of rotatable bonds is 7. The van der Waals surface area contributed by atoms with Gasteiger partial charge in [0.05, 0.1) is 25.4 Å². The van der Waals surface area contributed by atoms with Gasteiger partial charge in [-0.2, -0.15) is 0 Å². The van der Waals surface area contributed by atoms with Crippen LogP contribution in [-0.4, -0.2) is 64.1 Å². The molecule has 0 N–H and O–H groups in total. The predicted octanol–water partition coefficient (Wildman–Crippen LogP) is 2.38. The van der Waals surface area contributed by atoms with Gasteiger partial charge in [0.25, 0.3) is 0 Å². The summed E-state index contributed by atoms with van der Waals surface area (Å²) < 4.78 is 12.2. The van der Waals surface area contributed by atoms with Gasteiger partial charge in [-0.05, 0) is 44.0 Å². The lowest BCUT2D eigenvalue weighted by Gasteiger charge is -2.31. The lowest BCUT2D eigenvalue weighted by atomic mass is 9.98. The van der Waals surface area contributed by atoms with Gasteiger partial charge >= 0.3 is 5.97 Å². The summed E-state index contributed by atoms with van der Waals surface area (Å²) in [7, 11) is 3.50. The third-order valence-corrected chi connectivity index (χ3v) is 5.91. The molecule has 1 amide bonds. The van der Waals surface area contributed by atoms with Crippen molar-refractivity contribution in [3.05, 3.63) is 24.3 Å². The number of likely N-dealkylation sites (tertiary alicyclic amines) is 1. The molecule has 0 spiro atoms. The minimum Gasteiger partial charge on any atom is -0.497 e. The van der Waals surface area contributed by atoms with Gasteiger partial charge in [0.2, 0.25) is 5.91 Å². The van der Waals surface area contributed by atoms with Crippen molar-refractivity contribution in [2.45, 2.75) is 24.9 Å². The van der Waals surface area contributed by atoms with E-state index in [4.69, 9.17) is 9.47 Å². The number of thioether (sulfide) groups is 1. The number of aromatic nitrogens is 3. The number of ether oxygens (including phenoxy) is 2. The highest BCUT2D eigenvalue weighted by atomic mass is 32.2. The number of hydrogen-bond donors (Lipinski definition) is 0. The van der Waals surface area contributed by atoms with Crippen molar-refractivity contribution in [3.63, 3.8) is 0 Å². The van der Waals surface area contributed by atoms with Crippen LogP contribution >= 0.6 is 11.8 Å². The summed E-state index contributed by atoms with van der Waals surface area (Å²) in [5, 5.41) is 9.14. The lowest BCUT2D eigenvalue weighted by Crippen LogP contribution is -2.43. The molecule has 1 aromatic heterocycles. The molecule has 1 atom stereocenters. The van der Waals surface area contributed by atoms with E-state index in [-0.39, 0.29) is 23.5 Å². The van der Waals surface area contributed by atoms with Crippen molar-refractivity contribution in [2.75, 3.05) is 32.6 Å². The van der Waals surface area contributed by atoms with E-state index in [0.29, 0.717) is 24.9 Å². The van der Waals surface area contributed by atoms with E-state index in [0.717, 1.165) is 30.0 Å². The fraction of sp³-hybridized carbons (Fsp3) is 0.500. The van der Waals surface area contributed by atoms with Crippen LogP contribution in [0.5, 0.6) is 5.75 Å². The number of methoxy groups -OCH3 is 1. The second-order valence-electron chi connectivity index (χ2n) is 6.81. The first-order valence-corrected chi connectivity index (χ1v) is 10.6. The van der Waals surface area contributed by atoms with Gasteiger partial charge in [0.1, 0.15) is 5.75 Å². The van der Waals surface area contributed by atoms with Crippen LogP contribution in [0.15, 0.2) is 29.4 Å². The van der Waals surface area contributed by atoms with Crippen molar-refractivity contribution in [3.8, 4) is 17.1 Å². The molecule has 1 aromatic carbocycles. The first kappa shape index (κ1) is 21.2. The number of esters is 1. The summed E-state index contributed by atoms with van der Waals surface area (Å²) in [5.41, 5.74) is 0.923. The molecular formula is C20H26N4O4S. The Morgan fingerprint density at radius 2 is 2.00 bits per heavy atom. The van der Waals surface area contributed by atoms with Crippen LogP contribution in [0.1, 0.15) is 19.8 Å². The largest absolute Gasteiger partial charge is 0.497 e. The van der Waals surface area contributed by atoms with Crippen LogP contribution < -0.4 is 4.74 Å². The third kappa shape index (κ3) is 5.09. The van der Waals surface area contributed by atoms with E-state index in [1.807, 2.05) is 35.9 Å². The smallest absolute Gasteiger partial charge is 0.310 e. The van der Waals surface area contributed by atoms with Crippen LogP contribution in [0.2, 0.25) is 0 Å².